The second-order valence-corrected chi connectivity index (χ2v) is 8.40. The van der Waals surface area contributed by atoms with Crippen LogP contribution in [0.3, 0.4) is 0 Å². The van der Waals surface area contributed by atoms with Gasteiger partial charge in [0, 0.05) is 43.8 Å². The maximum atomic E-state index is 13.3. The van der Waals surface area contributed by atoms with E-state index < -0.39 is 6.10 Å². The van der Waals surface area contributed by atoms with Gasteiger partial charge in [0.15, 0.2) is 0 Å². The van der Waals surface area contributed by atoms with Crippen molar-refractivity contribution in [2.75, 3.05) is 44.7 Å². The second-order valence-electron chi connectivity index (χ2n) is 8.40. The summed E-state index contributed by atoms with van der Waals surface area (Å²) in [7, 11) is 1.61. The number of nitrogens with one attached hydrogen (secondary N) is 1. The highest BCUT2D eigenvalue weighted by atomic mass is 16.5. The van der Waals surface area contributed by atoms with E-state index in [9.17, 15) is 9.59 Å². The number of benzene rings is 1. The topological polar surface area (TPSA) is 87.7 Å². The quantitative estimate of drug-likeness (QED) is 0.665. The summed E-state index contributed by atoms with van der Waals surface area (Å²) >= 11 is 0. The molecular weight excluding hydrogens is 418 g/mol. The van der Waals surface area contributed by atoms with Crippen LogP contribution in [-0.2, 0) is 4.74 Å². The highest BCUT2D eigenvalue weighted by molar-refractivity contribution is 6.06. The SMILES string of the molecule is CNC(=O)c1cc([C@@H]2CN(C(=O)c3ccnc(N4CCCC4)c3)CCO2)nc2ccccc12. The van der Waals surface area contributed by atoms with Crippen LogP contribution in [0.25, 0.3) is 10.9 Å². The van der Waals surface area contributed by atoms with Crippen LogP contribution in [0.2, 0.25) is 0 Å². The Hall–Kier alpha value is -3.52. The van der Waals surface area contributed by atoms with Crippen molar-refractivity contribution in [3.8, 4) is 0 Å². The number of anilines is 1. The number of aromatic nitrogens is 2. The lowest BCUT2D eigenvalue weighted by Gasteiger charge is -2.33. The summed E-state index contributed by atoms with van der Waals surface area (Å²) in [6.45, 7) is 3.24. The molecule has 1 aromatic carbocycles. The fourth-order valence-corrected chi connectivity index (χ4v) is 4.55. The van der Waals surface area contributed by atoms with Gasteiger partial charge in [-0.05, 0) is 37.1 Å². The molecule has 2 aliphatic rings. The van der Waals surface area contributed by atoms with Gasteiger partial charge in [0.25, 0.3) is 11.8 Å². The van der Waals surface area contributed by atoms with Gasteiger partial charge in [0.1, 0.15) is 11.9 Å². The molecule has 8 heteroatoms. The highest BCUT2D eigenvalue weighted by Crippen LogP contribution is 2.27. The lowest BCUT2D eigenvalue weighted by atomic mass is 10.0. The number of morpholine rings is 1. The third kappa shape index (κ3) is 4.26. The van der Waals surface area contributed by atoms with Crippen LogP contribution in [0.1, 0.15) is 45.4 Å². The number of amides is 2. The van der Waals surface area contributed by atoms with Crippen molar-refractivity contribution < 1.29 is 14.3 Å². The molecular formula is C25H27N5O3. The number of para-hydroxylation sites is 1. The minimum absolute atomic E-state index is 0.0431. The maximum Gasteiger partial charge on any atom is 0.254 e. The van der Waals surface area contributed by atoms with E-state index in [1.165, 1.54) is 0 Å². The van der Waals surface area contributed by atoms with Crippen molar-refractivity contribution >= 4 is 28.5 Å². The van der Waals surface area contributed by atoms with Gasteiger partial charge in [0.2, 0.25) is 0 Å². The molecule has 8 nitrogen and oxygen atoms in total. The van der Waals surface area contributed by atoms with Gasteiger partial charge in [-0.1, -0.05) is 18.2 Å². The number of carbonyl (C=O) groups excluding carboxylic acids is 2. The predicted molar refractivity (Wildman–Crippen MR) is 125 cm³/mol. The van der Waals surface area contributed by atoms with Crippen molar-refractivity contribution in [3.05, 3.63) is 65.5 Å². The third-order valence-electron chi connectivity index (χ3n) is 6.31. The van der Waals surface area contributed by atoms with Crippen LogP contribution in [0.4, 0.5) is 5.82 Å². The van der Waals surface area contributed by atoms with E-state index in [0.717, 1.165) is 42.7 Å². The van der Waals surface area contributed by atoms with Gasteiger partial charge in [-0.2, -0.15) is 0 Å². The van der Waals surface area contributed by atoms with Crippen LogP contribution < -0.4 is 10.2 Å². The molecule has 170 valence electrons. The van der Waals surface area contributed by atoms with E-state index >= 15 is 0 Å². The summed E-state index contributed by atoms with van der Waals surface area (Å²) in [5.74, 6) is 0.637. The summed E-state index contributed by atoms with van der Waals surface area (Å²) in [5, 5.41) is 3.49. The van der Waals surface area contributed by atoms with E-state index in [4.69, 9.17) is 9.72 Å². The van der Waals surface area contributed by atoms with Gasteiger partial charge < -0.3 is 19.9 Å². The normalized spacial score (nSPS) is 18.5. The number of nitrogens with zero attached hydrogens (tertiary/aromatic N) is 4. The Morgan fingerprint density at radius 3 is 2.73 bits per heavy atom. The Labute approximate surface area is 192 Å². The molecule has 5 rings (SSSR count). The molecule has 1 atom stereocenters. The standard InChI is InChI=1S/C25H27N5O3/c1-26-24(31)19-15-21(28-20-7-3-2-6-18(19)20)22-16-30(12-13-33-22)25(32)17-8-9-27-23(14-17)29-10-4-5-11-29/h2-3,6-9,14-15,22H,4-5,10-13,16H2,1H3,(H,26,31)/t22-/m0/s1. The minimum atomic E-state index is -0.407. The van der Waals surface area contributed by atoms with Crippen LogP contribution in [0.5, 0.6) is 0 Å². The van der Waals surface area contributed by atoms with Gasteiger partial charge in [0.05, 0.1) is 29.9 Å². The molecule has 0 unspecified atom stereocenters. The number of ether oxygens (including phenoxy) is 1. The molecule has 2 saturated heterocycles. The number of rotatable bonds is 4. The Morgan fingerprint density at radius 1 is 1.09 bits per heavy atom. The van der Waals surface area contributed by atoms with Crippen molar-refractivity contribution in [1.29, 1.82) is 0 Å². The predicted octanol–water partition coefficient (Wildman–Crippen LogP) is 2.80. The van der Waals surface area contributed by atoms with Gasteiger partial charge in [-0.15, -0.1) is 0 Å². The summed E-state index contributed by atoms with van der Waals surface area (Å²) in [5.41, 5.74) is 2.56. The number of pyridine rings is 2. The molecule has 1 N–H and O–H groups in total. The molecule has 2 fully saturated rings. The summed E-state index contributed by atoms with van der Waals surface area (Å²) < 4.78 is 5.99. The second kappa shape index (κ2) is 9.15. The Morgan fingerprint density at radius 2 is 1.91 bits per heavy atom. The van der Waals surface area contributed by atoms with E-state index in [-0.39, 0.29) is 11.8 Å². The van der Waals surface area contributed by atoms with Crippen molar-refractivity contribution in [1.82, 2.24) is 20.2 Å². The smallest absolute Gasteiger partial charge is 0.254 e. The zero-order valence-corrected chi connectivity index (χ0v) is 18.7. The molecule has 33 heavy (non-hydrogen) atoms. The average Bonchev–Trinajstić information content (AvgIpc) is 3.42. The molecule has 3 aromatic rings. The summed E-state index contributed by atoms with van der Waals surface area (Å²) in [4.78, 5) is 39.1. The number of fused-ring (bicyclic) bond motifs is 1. The first kappa shape index (κ1) is 21.3. The third-order valence-corrected chi connectivity index (χ3v) is 6.31. The van der Waals surface area contributed by atoms with Crippen molar-refractivity contribution in [3.63, 3.8) is 0 Å². The zero-order valence-electron chi connectivity index (χ0n) is 18.7. The minimum Gasteiger partial charge on any atom is -0.368 e. The van der Waals surface area contributed by atoms with E-state index in [1.54, 1.807) is 30.3 Å². The first-order valence-electron chi connectivity index (χ1n) is 11.4. The zero-order chi connectivity index (χ0) is 22.8. The molecule has 0 saturated carbocycles. The fourth-order valence-electron chi connectivity index (χ4n) is 4.55. The van der Waals surface area contributed by atoms with E-state index in [1.807, 2.05) is 30.3 Å². The molecule has 2 aliphatic heterocycles. The lowest BCUT2D eigenvalue weighted by molar-refractivity contribution is -0.0246. The van der Waals surface area contributed by atoms with Crippen molar-refractivity contribution in [2.45, 2.75) is 18.9 Å². The summed E-state index contributed by atoms with van der Waals surface area (Å²) in [6, 6.07) is 13.0. The fraction of sp³-hybridized carbons (Fsp3) is 0.360. The van der Waals surface area contributed by atoms with Crippen molar-refractivity contribution in [2.24, 2.45) is 0 Å². The molecule has 2 amide bonds. The van der Waals surface area contributed by atoms with Gasteiger partial charge >= 0.3 is 0 Å². The molecule has 4 heterocycles. The van der Waals surface area contributed by atoms with Crippen LogP contribution in [-0.4, -0.2) is 66.5 Å². The number of hydrogen-bond acceptors (Lipinski definition) is 6. The first-order valence-corrected chi connectivity index (χ1v) is 11.4. The molecule has 0 spiro atoms. The number of carbonyl (C=O) groups is 2. The van der Waals surface area contributed by atoms with Gasteiger partial charge in [-0.25, -0.2) is 9.97 Å². The first-order chi connectivity index (χ1) is 16.1. The highest BCUT2D eigenvalue weighted by Gasteiger charge is 2.29. The van der Waals surface area contributed by atoms with E-state index in [2.05, 4.69) is 15.2 Å². The monoisotopic (exact) mass is 445 g/mol. The maximum absolute atomic E-state index is 13.3. The van der Waals surface area contributed by atoms with E-state index in [0.29, 0.717) is 36.5 Å². The van der Waals surface area contributed by atoms with Crippen LogP contribution in [0, 0.1) is 0 Å². The largest absolute Gasteiger partial charge is 0.368 e. The molecule has 2 aromatic heterocycles. The molecule has 0 bridgehead atoms. The molecule has 0 aliphatic carbocycles. The molecule has 0 radical (unpaired) electrons. The van der Waals surface area contributed by atoms with Gasteiger partial charge in [-0.3, -0.25) is 9.59 Å². The Kier molecular flexibility index (Phi) is 5.92. The Bertz CT molecular complexity index is 1190. The average molecular weight is 446 g/mol. The number of hydrogen-bond donors (Lipinski definition) is 1. The van der Waals surface area contributed by atoms with Crippen LogP contribution >= 0.6 is 0 Å². The summed E-state index contributed by atoms with van der Waals surface area (Å²) in [6.07, 6.45) is 3.61. The Balaban J connectivity index is 1.40. The van der Waals surface area contributed by atoms with Crippen LogP contribution in [0.15, 0.2) is 48.7 Å². The lowest BCUT2D eigenvalue weighted by Crippen LogP contribution is -2.42.